The van der Waals surface area contributed by atoms with Crippen LogP contribution >= 0.6 is 11.6 Å². The number of aliphatic hydroxyl groups is 1. The smallest absolute Gasteiger partial charge is 0.226 e. The van der Waals surface area contributed by atoms with E-state index in [0.717, 1.165) is 23.3 Å². The largest absolute Gasteiger partial charge is 0.496 e. The number of morpholine rings is 1. The highest BCUT2D eigenvalue weighted by molar-refractivity contribution is 6.28. The highest BCUT2D eigenvalue weighted by Crippen LogP contribution is 2.27. The number of anilines is 1. The number of aromatic nitrogens is 3. The molecule has 0 aliphatic carbocycles. The zero-order valence-corrected chi connectivity index (χ0v) is 17.5. The van der Waals surface area contributed by atoms with Crippen LogP contribution in [0, 0.1) is 11.8 Å². The average molecular weight is 425 g/mol. The molecule has 7 nitrogen and oxygen atoms in total. The van der Waals surface area contributed by atoms with Crippen molar-refractivity contribution in [3.8, 4) is 17.6 Å². The summed E-state index contributed by atoms with van der Waals surface area (Å²) in [5.41, 5.74) is 2.51. The minimum atomic E-state index is -0.120. The molecule has 0 amide bonds. The summed E-state index contributed by atoms with van der Waals surface area (Å²) >= 11 is 6.19. The van der Waals surface area contributed by atoms with Crippen molar-refractivity contribution >= 4 is 28.5 Å². The predicted molar refractivity (Wildman–Crippen MR) is 115 cm³/mol. The van der Waals surface area contributed by atoms with Gasteiger partial charge in [0.15, 0.2) is 5.65 Å². The van der Waals surface area contributed by atoms with E-state index < -0.39 is 0 Å². The van der Waals surface area contributed by atoms with Crippen molar-refractivity contribution in [3.05, 3.63) is 52.4 Å². The normalized spacial score (nSPS) is 16.3. The van der Waals surface area contributed by atoms with Crippen LogP contribution in [0.3, 0.4) is 0 Å². The third-order valence-electron chi connectivity index (χ3n) is 4.94. The number of fused-ring (bicyclic) bond motifs is 1. The summed E-state index contributed by atoms with van der Waals surface area (Å²) in [6.45, 7) is 3.98. The van der Waals surface area contributed by atoms with Gasteiger partial charge in [0, 0.05) is 17.7 Å². The SMILES string of the molecule is COc1ccc(C#Cc2ccc3c(N4CCOC[C@@H]4C)nc(Cl)nc3n2)cc1CO. The quantitative estimate of drug-likeness (QED) is 0.511. The number of ether oxygens (including phenoxy) is 2. The van der Waals surface area contributed by atoms with Gasteiger partial charge in [0.2, 0.25) is 5.28 Å². The maximum atomic E-state index is 9.48. The van der Waals surface area contributed by atoms with Crippen LogP contribution in [0.15, 0.2) is 30.3 Å². The van der Waals surface area contributed by atoms with E-state index >= 15 is 0 Å². The Bertz CT molecular complexity index is 1140. The standard InChI is InChI=1S/C22H21ClN4O3/c1-14-13-30-10-9-27(14)21-18-7-6-17(24-20(18)25-22(23)26-21)5-3-15-4-8-19(29-2)16(11-15)12-28/h4,6-8,11,14,28H,9-10,12-13H2,1-2H3/t14-/m0/s1. The van der Waals surface area contributed by atoms with Gasteiger partial charge in [-0.2, -0.15) is 9.97 Å². The van der Waals surface area contributed by atoms with E-state index in [9.17, 15) is 5.11 Å². The van der Waals surface area contributed by atoms with E-state index in [2.05, 4.69) is 38.6 Å². The molecule has 0 saturated carbocycles. The highest BCUT2D eigenvalue weighted by atomic mass is 35.5. The Morgan fingerprint density at radius 1 is 1.23 bits per heavy atom. The molecule has 1 aliphatic heterocycles. The zero-order valence-electron chi connectivity index (χ0n) is 16.7. The van der Waals surface area contributed by atoms with Crippen LogP contribution in [0.4, 0.5) is 5.82 Å². The first kappa shape index (κ1) is 20.4. The minimum absolute atomic E-state index is 0.120. The molecule has 154 valence electrons. The van der Waals surface area contributed by atoms with Crippen LogP contribution in [-0.2, 0) is 11.3 Å². The van der Waals surface area contributed by atoms with Crippen molar-refractivity contribution in [2.45, 2.75) is 19.6 Å². The summed E-state index contributed by atoms with van der Waals surface area (Å²) in [5.74, 6) is 7.50. The van der Waals surface area contributed by atoms with Crippen molar-refractivity contribution in [1.29, 1.82) is 0 Å². The van der Waals surface area contributed by atoms with E-state index in [1.54, 1.807) is 19.2 Å². The Balaban J connectivity index is 1.69. The average Bonchev–Trinajstić information content (AvgIpc) is 2.77. The number of hydrogen-bond acceptors (Lipinski definition) is 7. The molecule has 4 rings (SSSR count). The molecule has 0 spiro atoms. The first-order chi connectivity index (χ1) is 14.6. The lowest BCUT2D eigenvalue weighted by atomic mass is 10.1. The number of methoxy groups -OCH3 is 1. The topological polar surface area (TPSA) is 80.6 Å². The lowest BCUT2D eigenvalue weighted by Crippen LogP contribution is -2.44. The Morgan fingerprint density at radius 2 is 2.10 bits per heavy atom. The lowest BCUT2D eigenvalue weighted by molar-refractivity contribution is 0.0987. The van der Waals surface area contributed by atoms with Gasteiger partial charge >= 0.3 is 0 Å². The minimum Gasteiger partial charge on any atom is -0.496 e. The van der Waals surface area contributed by atoms with Gasteiger partial charge in [0.1, 0.15) is 17.3 Å². The van der Waals surface area contributed by atoms with Crippen LogP contribution < -0.4 is 9.64 Å². The lowest BCUT2D eigenvalue weighted by Gasteiger charge is -2.34. The molecule has 0 radical (unpaired) electrons. The van der Waals surface area contributed by atoms with Gasteiger partial charge in [-0.1, -0.05) is 5.92 Å². The second-order valence-electron chi connectivity index (χ2n) is 6.94. The molecule has 1 fully saturated rings. The molecule has 30 heavy (non-hydrogen) atoms. The summed E-state index contributed by atoms with van der Waals surface area (Å²) in [5, 5.41) is 10.5. The number of benzene rings is 1. The van der Waals surface area contributed by atoms with Gasteiger partial charge in [-0.25, -0.2) is 4.98 Å². The van der Waals surface area contributed by atoms with E-state index in [1.807, 2.05) is 18.2 Å². The number of halogens is 1. The van der Waals surface area contributed by atoms with E-state index in [0.29, 0.717) is 35.9 Å². The molecule has 3 aromatic rings. The van der Waals surface area contributed by atoms with Crippen molar-refractivity contribution in [1.82, 2.24) is 15.0 Å². The van der Waals surface area contributed by atoms with Crippen LogP contribution in [-0.4, -0.2) is 53.0 Å². The Morgan fingerprint density at radius 3 is 2.87 bits per heavy atom. The molecular formula is C22H21ClN4O3. The molecule has 1 saturated heterocycles. The number of aliphatic hydroxyl groups excluding tert-OH is 1. The molecule has 2 aromatic heterocycles. The molecular weight excluding hydrogens is 404 g/mol. The predicted octanol–water partition coefficient (Wildman–Crippen LogP) is 2.80. The third-order valence-corrected chi connectivity index (χ3v) is 5.11. The Kier molecular flexibility index (Phi) is 6.00. The first-order valence-electron chi connectivity index (χ1n) is 9.57. The van der Waals surface area contributed by atoms with Crippen molar-refractivity contribution in [2.75, 3.05) is 31.8 Å². The van der Waals surface area contributed by atoms with Crippen molar-refractivity contribution in [3.63, 3.8) is 0 Å². The van der Waals surface area contributed by atoms with Gasteiger partial charge in [-0.05, 0) is 54.8 Å². The number of hydrogen-bond donors (Lipinski definition) is 1. The molecule has 8 heteroatoms. The van der Waals surface area contributed by atoms with E-state index in [-0.39, 0.29) is 17.9 Å². The molecule has 0 bridgehead atoms. The van der Waals surface area contributed by atoms with Gasteiger partial charge in [0.05, 0.1) is 38.4 Å². The first-order valence-corrected chi connectivity index (χ1v) is 9.95. The van der Waals surface area contributed by atoms with Crippen LogP contribution in [0.2, 0.25) is 5.28 Å². The summed E-state index contributed by atoms with van der Waals surface area (Å²) in [6.07, 6.45) is 0. The van der Waals surface area contributed by atoms with Gasteiger partial charge < -0.3 is 19.5 Å². The molecule has 1 aliphatic rings. The highest BCUT2D eigenvalue weighted by Gasteiger charge is 2.23. The summed E-state index contributed by atoms with van der Waals surface area (Å²) in [4.78, 5) is 15.5. The van der Waals surface area contributed by atoms with Crippen molar-refractivity contribution < 1.29 is 14.6 Å². The third kappa shape index (κ3) is 4.17. The number of pyridine rings is 1. The molecule has 1 N–H and O–H groups in total. The molecule has 1 aromatic carbocycles. The van der Waals surface area contributed by atoms with Crippen LogP contribution in [0.25, 0.3) is 11.0 Å². The van der Waals surface area contributed by atoms with E-state index in [1.165, 1.54) is 0 Å². The molecule has 1 atom stereocenters. The molecule has 3 heterocycles. The second-order valence-corrected chi connectivity index (χ2v) is 7.27. The van der Waals surface area contributed by atoms with Gasteiger partial charge in [-0.15, -0.1) is 0 Å². The van der Waals surface area contributed by atoms with Crippen LogP contribution in [0.1, 0.15) is 23.7 Å². The van der Waals surface area contributed by atoms with Crippen LogP contribution in [0.5, 0.6) is 5.75 Å². The fourth-order valence-electron chi connectivity index (χ4n) is 3.41. The maximum Gasteiger partial charge on any atom is 0.226 e. The van der Waals surface area contributed by atoms with Crippen molar-refractivity contribution in [2.24, 2.45) is 0 Å². The van der Waals surface area contributed by atoms with Gasteiger partial charge in [0.25, 0.3) is 0 Å². The summed E-state index contributed by atoms with van der Waals surface area (Å²) < 4.78 is 10.7. The maximum absolute atomic E-state index is 9.48. The second kappa shape index (κ2) is 8.84. The summed E-state index contributed by atoms with van der Waals surface area (Å²) in [6, 6.07) is 9.37. The Hall–Kier alpha value is -2.92. The Labute approximate surface area is 179 Å². The monoisotopic (exact) mass is 424 g/mol. The number of nitrogens with zero attached hydrogens (tertiary/aromatic N) is 4. The number of rotatable bonds is 3. The van der Waals surface area contributed by atoms with E-state index in [4.69, 9.17) is 21.1 Å². The van der Waals surface area contributed by atoms with Gasteiger partial charge in [-0.3, -0.25) is 0 Å². The zero-order chi connectivity index (χ0) is 21.1. The molecule has 0 unspecified atom stereocenters. The fraction of sp³-hybridized carbons (Fsp3) is 0.318. The fourth-order valence-corrected chi connectivity index (χ4v) is 3.57. The summed E-state index contributed by atoms with van der Waals surface area (Å²) in [7, 11) is 1.57.